The molecule has 0 aromatic carbocycles. The van der Waals surface area contributed by atoms with Crippen LogP contribution < -0.4 is 5.32 Å². The Balaban J connectivity index is 1.52. The minimum Gasteiger partial charge on any atom is -0.338 e. The third kappa shape index (κ3) is 4.04. The number of hydrogen-bond acceptors (Lipinski definition) is 4. The Bertz CT molecular complexity index is 762. The minimum absolute atomic E-state index is 0.473. The van der Waals surface area contributed by atoms with E-state index >= 15 is 0 Å². The number of carbonyl (C=O) groups is 2. The molecule has 7 nitrogen and oxygen atoms in total. The topological polar surface area (TPSA) is 80.1 Å². The predicted molar refractivity (Wildman–Crippen MR) is 93.8 cm³/mol. The van der Waals surface area contributed by atoms with Gasteiger partial charge in [0.25, 0.3) is 0 Å². The fraction of sp³-hybridized carbons (Fsp3) is 0.444. The first-order valence-corrected chi connectivity index (χ1v) is 8.51. The fourth-order valence-electron chi connectivity index (χ4n) is 3.11. The number of aryl methyl sites for hydroxylation is 2. The second-order valence-electron chi connectivity index (χ2n) is 6.54. The van der Waals surface area contributed by atoms with Gasteiger partial charge in [-0.25, -0.2) is 4.98 Å². The van der Waals surface area contributed by atoms with Crippen LogP contribution in [0.2, 0.25) is 0 Å². The van der Waals surface area contributed by atoms with E-state index in [-0.39, 0.29) is 0 Å². The zero-order chi connectivity index (χ0) is 17.8. The highest BCUT2D eigenvalue weighted by molar-refractivity contribution is 6.39. The largest absolute Gasteiger partial charge is 0.338 e. The number of anilines is 1. The van der Waals surface area contributed by atoms with Crippen LogP contribution in [0.4, 0.5) is 5.69 Å². The molecule has 7 heteroatoms. The van der Waals surface area contributed by atoms with Gasteiger partial charge in [-0.05, 0) is 37.3 Å². The van der Waals surface area contributed by atoms with Crippen LogP contribution in [0.15, 0.2) is 30.9 Å². The lowest BCUT2D eigenvalue weighted by atomic mass is 9.93. The van der Waals surface area contributed by atoms with Crippen LogP contribution in [0, 0.1) is 12.8 Å². The van der Waals surface area contributed by atoms with Gasteiger partial charge in [-0.15, -0.1) is 0 Å². The average Bonchev–Trinajstić information content (AvgIpc) is 3.02. The third-order valence-corrected chi connectivity index (χ3v) is 4.78. The zero-order valence-electron chi connectivity index (χ0n) is 14.6. The van der Waals surface area contributed by atoms with Crippen LogP contribution >= 0.6 is 0 Å². The third-order valence-electron chi connectivity index (χ3n) is 4.78. The smallest absolute Gasteiger partial charge is 0.313 e. The highest BCUT2D eigenvalue weighted by Crippen LogP contribution is 2.21. The maximum Gasteiger partial charge on any atom is 0.313 e. The van der Waals surface area contributed by atoms with Crippen molar-refractivity contribution in [2.24, 2.45) is 13.0 Å². The van der Waals surface area contributed by atoms with Gasteiger partial charge in [0.2, 0.25) is 0 Å². The van der Waals surface area contributed by atoms with Crippen LogP contribution in [0.25, 0.3) is 0 Å². The molecule has 0 unspecified atom stereocenters. The molecule has 1 fully saturated rings. The Morgan fingerprint density at radius 2 is 2.04 bits per heavy atom. The predicted octanol–water partition coefficient (Wildman–Crippen LogP) is 1.54. The molecule has 3 heterocycles. The molecule has 1 aliphatic heterocycles. The number of hydrogen-bond donors (Lipinski definition) is 1. The van der Waals surface area contributed by atoms with Gasteiger partial charge in [0, 0.05) is 45.1 Å². The van der Waals surface area contributed by atoms with Gasteiger partial charge in [0.15, 0.2) is 0 Å². The van der Waals surface area contributed by atoms with Crippen molar-refractivity contribution in [1.82, 2.24) is 19.4 Å². The Morgan fingerprint density at radius 1 is 1.28 bits per heavy atom. The van der Waals surface area contributed by atoms with E-state index in [1.165, 1.54) is 0 Å². The quantitative estimate of drug-likeness (QED) is 0.859. The summed E-state index contributed by atoms with van der Waals surface area (Å²) in [5, 5.41) is 2.66. The average molecular weight is 341 g/mol. The van der Waals surface area contributed by atoms with Gasteiger partial charge >= 0.3 is 11.8 Å². The molecule has 0 aliphatic carbocycles. The molecule has 1 saturated heterocycles. The maximum absolute atomic E-state index is 12.4. The first kappa shape index (κ1) is 17.1. The molecule has 0 spiro atoms. The summed E-state index contributed by atoms with van der Waals surface area (Å²) < 4.78 is 2.03. The van der Waals surface area contributed by atoms with Crippen molar-refractivity contribution in [3.8, 4) is 0 Å². The van der Waals surface area contributed by atoms with E-state index in [2.05, 4.69) is 15.3 Å². The molecule has 2 aromatic heterocycles. The van der Waals surface area contributed by atoms with Crippen LogP contribution in [-0.4, -0.2) is 44.3 Å². The Labute approximate surface area is 147 Å². The molecule has 2 aromatic rings. The summed E-state index contributed by atoms with van der Waals surface area (Å²) in [6.07, 6.45) is 9.64. The number of amides is 2. The molecule has 0 saturated carbocycles. The molecule has 0 radical (unpaired) electrons. The van der Waals surface area contributed by atoms with Crippen molar-refractivity contribution in [2.45, 2.75) is 26.2 Å². The van der Waals surface area contributed by atoms with E-state index in [4.69, 9.17) is 0 Å². The van der Waals surface area contributed by atoms with Gasteiger partial charge in [-0.1, -0.05) is 0 Å². The van der Waals surface area contributed by atoms with Crippen molar-refractivity contribution in [3.63, 3.8) is 0 Å². The van der Waals surface area contributed by atoms with Crippen molar-refractivity contribution < 1.29 is 9.59 Å². The van der Waals surface area contributed by atoms with Crippen LogP contribution in [0.1, 0.15) is 24.2 Å². The summed E-state index contributed by atoms with van der Waals surface area (Å²) in [6, 6.07) is 1.79. The summed E-state index contributed by atoms with van der Waals surface area (Å²) in [5.74, 6) is 0.487. The first-order chi connectivity index (χ1) is 12.0. The zero-order valence-corrected chi connectivity index (χ0v) is 14.6. The lowest BCUT2D eigenvalue weighted by molar-refractivity contribution is -0.144. The van der Waals surface area contributed by atoms with Crippen LogP contribution in [-0.2, 0) is 23.1 Å². The number of likely N-dealkylation sites (tertiary alicyclic amines) is 1. The second-order valence-corrected chi connectivity index (χ2v) is 6.54. The maximum atomic E-state index is 12.4. The lowest BCUT2D eigenvalue weighted by Crippen LogP contribution is -2.44. The van der Waals surface area contributed by atoms with Gasteiger partial charge in [-0.2, -0.15) is 0 Å². The van der Waals surface area contributed by atoms with Gasteiger partial charge < -0.3 is 14.8 Å². The monoisotopic (exact) mass is 341 g/mol. The molecular weight excluding hydrogens is 318 g/mol. The number of aromatic nitrogens is 3. The number of imidazole rings is 1. The Hall–Kier alpha value is -2.70. The highest BCUT2D eigenvalue weighted by Gasteiger charge is 2.27. The van der Waals surface area contributed by atoms with Crippen molar-refractivity contribution in [2.75, 3.05) is 18.4 Å². The fourth-order valence-corrected chi connectivity index (χ4v) is 3.11. The number of rotatable bonds is 3. The molecule has 0 atom stereocenters. The molecule has 0 bridgehead atoms. The molecule has 132 valence electrons. The molecule has 3 rings (SSSR count). The molecule has 1 aliphatic rings. The molecular formula is C18H23N5O2. The summed E-state index contributed by atoms with van der Waals surface area (Å²) in [5.41, 5.74) is 1.45. The summed E-state index contributed by atoms with van der Waals surface area (Å²) in [7, 11) is 1.99. The standard InChI is InChI=1S/C18H23N5O2/c1-13-3-6-19-12-15(13)21-17(24)18(25)23-8-4-14(5-9-23)11-16-20-7-10-22(16)2/h3,6-7,10,12,14H,4-5,8-9,11H2,1-2H3,(H,21,24). The van der Waals surface area contributed by atoms with Crippen LogP contribution in [0.3, 0.4) is 0 Å². The van der Waals surface area contributed by atoms with E-state index in [9.17, 15) is 9.59 Å². The number of nitrogens with one attached hydrogen (secondary N) is 1. The lowest BCUT2D eigenvalue weighted by Gasteiger charge is -2.31. The Morgan fingerprint density at radius 3 is 2.68 bits per heavy atom. The number of nitrogens with zero attached hydrogens (tertiary/aromatic N) is 4. The summed E-state index contributed by atoms with van der Waals surface area (Å²) in [6.45, 7) is 3.08. The highest BCUT2D eigenvalue weighted by atomic mass is 16.2. The number of piperidine rings is 1. The van der Waals surface area contributed by atoms with Crippen molar-refractivity contribution in [3.05, 3.63) is 42.2 Å². The van der Waals surface area contributed by atoms with E-state index in [1.807, 2.05) is 24.7 Å². The van der Waals surface area contributed by atoms with Crippen LogP contribution in [0.5, 0.6) is 0 Å². The molecule has 2 amide bonds. The number of carbonyl (C=O) groups excluding carboxylic acids is 2. The minimum atomic E-state index is -0.598. The molecule has 25 heavy (non-hydrogen) atoms. The SMILES string of the molecule is Cc1ccncc1NC(=O)C(=O)N1CCC(Cc2nccn2C)CC1. The Kier molecular flexibility index (Phi) is 5.11. The number of pyridine rings is 1. The summed E-state index contributed by atoms with van der Waals surface area (Å²) >= 11 is 0. The van der Waals surface area contributed by atoms with Crippen molar-refractivity contribution >= 4 is 17.5 Å². The van der Waals surface area contributed by atoms with Crippen molar-refractivity contribution in [1.29, 1.82) is 0 Å². The second kappa shape index (κ2) is 7.46. The summed E-state index contributed by atoms with van der Waals surface area (Å²) in [4.78, 5) is 34.5. The van der Waals surface area contributed by atoms with Gasteiger partial charge in [0.05, 0.1) is 11.9 Å². The van der Waals surface area contributed by atoms with Gasteiger partial charge in [0.1, 0.15) is 5.82 Å². The van der Waals surface area contributed by atoms with E-state index in [0.29, 0.717) is 24.7 Å². The van der Waals surface area contributed by atoms with E-state index in [0.717, 1.165) is 30.7 Å². The van der Waals surface area contributed by atoms with Gasteiger partial charge in [-0.3, -0.25) is 14.6 Å². The van der Waals surface area contributed by atoms with E-state index < -0.39 is 11.8 Å². The van der Waals surface area contributed by atoms with E-state index in [1.54, 1.807) is 29.6 Å². The first-order valence-electron chi connectivity index (χ1n) is 8.51. The molecule has 1 N–H and O–H groups in total. The normalized spacial score (nSPS) is 15.2.